The molecule has 0 unspecified atom stereocenters. The van der Waals surface area contributed by atoms with Crippen LogP contribution in [-0.4, -0.2) is 88.7 Å². The van der Waals surface area contributed by atoms with Gasteiger partial charge in [-0.2, -0.15) is 0 Å². The molecule has 0 aliphatic carbocycles. The predicted molar refractivity (Wildman–Crippen MR) is 156 cm³/mol. The molecule has 2 bridgehead atoms. The van der Waals surface area contributed by atoms with Crippen molar-refractivity contribution in [1.29, 1.82) is 0 Å². The molecule has 3 fully saturated rings. The van der Waals surface area contributed by atoms with E-state index < -0.39 is 41.6 Å². The molecule has 3 amide bonds. The van der Waals surface area contributed by atoms with E-state index in [2.05, 4.69) is 18.5 Å². The van der Waals surface area contributed by atoms with Gasteiger partial charge in [-0.25, -0.2) is 0 Å². The molecule has 2 N–H and O–H groups in total. The normalized spacial score (nSPS) is 26.6. The van der Waals surface area contributed by atoms with Crippen molar-refractivity contribution in [1.82, 2.24) is 15.1 Å². The zero-order valence-corrected chi connectivity index (χ0v) is 24.6. The monoisotopic (exact) mass is 581 g/mol. The van der Waals surface area contributed by atoms with Gasteiger partial charge < -0.3 is 29.7 Å². The standard InChI is InChI=1S/C32H43N3O7/c1-5-7-14-25(37)41-20-23(22-12-9-8-10-13-22)33-29(38)26-24-15-16-32(42-24)27(26)30(39)35(18-11-19-36)28(32)31(40)34(17-6-2)21(3)4/h5-6,8-10,12-13,21,23-24,26-28,36H,1-2,7,11,14-20H2,3-4H3,(H,33,38)/t23-,24+,26-,27-,28+,32-/m1/s1. The van der Waals surface area contributed by atoms with Crippen LogP contribution in [0.25, 0.3) is 0 Å². The van der Waals surface area contributed by atoms with Crippen molar-refractivity contribution in [2.45, 2.75) is 75.8 Å². The third-order valence-electron chi connectivity index (χ3n) is 8.61. The van der Waals surface area contributed by atoms with Gasteiger partial charge in [-0.15, -0.1) is 13.2 Å². The van der Waals surface area contributed by atoms with Crippen LogP contribution in [0.1, 0.15) is 57.6 Å². The second kappa shape index (κ2) is 13.6. The summed E-state index contributed by atoms with van der Waals surface area (Å²) in [4.78, 5) is 57.5. The molecule has 3 heterocycles. The highest BCUT2D eigenvalue weighted by molar-refractivity contribution is 5.99. The number of hydrogen-bond acceptors (Lipinski definition) is 7. The smallest absolute Gasteiger partial charge is 0.306 e. The number of rotatable bonds is 15. The minimum atomic E-state index is -1.13. The molecule has 0 radical (unpaired) electrons. The van der Waals surface area contributed by atoms with Gasteiger partial charge in [0, 0.05) is 32.2 Å². The summed E-state index contributed by atoms with van der Waals surface area (Å²) < 4.78 is 12.0. The van der Waals surface area contributed by atoms with Crippen molar-refractivity contribution in [2.75, 3.05) is 26.3 Å². The zero-order chi connectivity index (χ0) is 30.4. The van der Waals surface area contributed by atoms with E-state index in [1.807, 2.05) is 44.2 Å². The van der Waals surface area contributed by atoms with E-state index in [0.29, 0.717) is 32.2 Å². The maximum atomic E-state index is 14.1. The third kappa shape index (κ3) is 6.01. The number of esters is 1. The Balaban J connectivity index is 1.62. The fourth-order valence-electron chi connectivity index (χ4n) is 6.71. The summed E-state index contributed by atoms with van der Waals surface area (Å²) >= 11 is 0. The number of carbonyl (C=O) groups excluding carboxylic acids is 4. The molecule has 42 heavy (non-hydrogen) atoms. The fraction of sp³-hybridized carbons (Fsp3) is 0.562. The number of carbonyl (C=O) groups is 4. The molecule has 10 heteroatoms. The molecule has 0 saturated carbocycles. The molecule has 3 aliphatic heterocycles. The largest absolute Gasteiger partial charge is 0.463 e. The number of nitrogens with one attached hydrogen (secondary N) is 1. The Morgan fingerprint density at radius 1 is 1.24 bits per heavy atom. The molecule has 228 valence electrons. The Labute approximate surface area is 247 Å². The summed E-state index contributed by atoms with van der Waals surface area (Å²) in [6.45, 7) is 11.5. The molecule has 3 aliphatic rings. The zero-order valence-electron chi connectivity index (χ0n) is 24.6. The van der Waals surface area contributed by atoms with E-state index in [4.69, 9.17) is 9.47 Å². The number of amides is 3. The van der Waals surface area contributed by atoms with Gasteiger partial charge in [0.1, 0.15) is 18.2 Å². The quantitative estimate of drug-likeness (QED) is 0.241. The maximum Gasteiger partial charge on any atom is 0.306 e. The highest BCUT2D eigenvalue weighted by Crippen LogP contribution is 2.58. The van der Waals surface area contributed by atoms with E-state index in [1.54, 1.807) is 17.1 Å². The molecular formula is C32H43N3O7. The predicted octanol–water partition coefficient (Wildman–Crippen LogP) is 2.53. The number of aliphatic hydroxyl groups excluding tert-OH is 1. The first-order chi connectivity index (χ1) is 20.2. The summed E-state index contributed by atoms with van der Waals surface area (Å²) in [5.74, 6) is -2.97. The number of ether oxygens (including phenoxy) is 2. The van der Waals surface area contributed by atoms with Crippen LogP contribution >= 0.6 is 0 Å². The number of benzene rings is 1. The van der Waals surface area contributed by atoms with Crippen LogP contribution < -0.4 is 5.32 Å². The second-order valence-electron chi connectivity index (χ2n) is 11.5. The van der Waals surface area contributed by atoms with Crippen LogP contribution in [0.2, 0.25) is 0 Å². The van der Waals surface area contributed by atoms with Gasteiger partial charge in [0.15, 0.2) is 0 Å². The molecule has 1 aromatic carbocycles. The lowest BCUT2D eigenvalue weighted by Gasteiger charge is -2.38. The topological polar surface area (TPSA) is 125 Å². The number of likely N-dealkylation sites (tertiary alicyclic amines) is 1. The summed E-state index contributed by atoms with van der Waals surface area (Å²) in [5, 5.41) is 12.6. The van der Waals surface area contributed by atoms with Gasteiger partial charge in [-0.1, -0.05) is 42.5 Å². The molecule has 3 saturated heterocycles. The van der Waals surface area contributed by atoms with E-state index in [0.717, 1.165) is 5.56 Å². The van der Waals surface area contributed by atoms with Crippen molar-refractivity contribution in [3.63, 3.8) is 0 Å². The van der Waals surface area contributed by atoms with Gasteiger partial charge in [0.25, 0.3) is 0 Å². The molecule has 6 atom stereocenters. The van der Waals surface area contributed by atoms with E-state index in [-0.39, 0.29) is 49.9 Å². The molecule has 4 rings (SSSR count). The number of fused-ring (bicyclic) bond motifs is 1. The second-order valence-corrected chi connectivity index (χ2v) is 11.5. The summed E-state index contributed by atoms with van der Waals surface area (Å²) in [5.41, 5.74) is -0.377. The van der Waals surface area contributed by atoms with Crippen molar-refractivity contribution < 1.29 is 33.8 Å². The Morgan fingerprint density at radius 2 is 1.98 bits per heavy atom. The van der Waals surface area contributed by atoms with Gasteiger partial charge >= 0.3 is 5.97 Å². The highest BCUT2D eigenvalue weighted by atomic mass is 16.5. The number of aliphatic hydroxyl groups is 1. The first-order valence-corrected chi connectivity index (χ1v) is 14.8. The Kier molecular flexibility index (Phi) is 10.2. The summed E-state index contributed by atoms with van der Waals surface area (Å²) in [6.07, 6.45) is 4.76. The Bertz CT molecular complexity index is 1170. The molecule has 1 aromatic rings. The first kappa shape index (κ1) is 31.4. The van der Waals surface area contributed by atoms with Gasteiger partial charge in [0.2, 0.25) is 17.7 Å². The van der Waals surface area contributed by atoms with Crippen LogP contribution in [0, 0.1) is 11.8 Å². The molecule has 1 spiro atoms. The van der Waals surface area contributed by atoms with Gasteiger partial charge in [0.05, 0.1) is 24.0 Å². The van der Waals surface area contributed by atoms with Crippen molar-refractivity contribution in [2.24, 2.45) is 11.8 Å². The number of hydrogen-bond donors (Lipinski definition) is 2. The van der Waals surface area contributed by atoms with Crippen LogP contribution in [0.15, 0.2) is 55.6 Å². The maximum absolute atomic E-state index is 14.1. The van der Waals surface area contributed by atoms with Crippen LogP contribution in [-0.2, 0) is 28.7 Å². The lowest BCUT2D eigenvalue weighted by molar-refractivity contribution is -0.149. The molecule has 0 aromatic heterocycles. The minimum absolute atomic E-state index is 0.0671. The lowest BCUT2D eigenvalue weighted by atomic mass is 9.70. The van der Waals surface area contributed by atoms with Crippen molar-refractivity contribution >= 4 is 23.7 Å². The van der Waals surface area contributed by atoms with Gasteiger partial charge in [-0.05, 0) is 45.1 Å². The summed E-state index contributed by atoms with van der Waals surface area (Å²) in [7, 11) is 0. The van der Waals surface area contributed by atoms with Crippen LogP contribution in [0.4, 0.5) is 0 Å². The average Bonchev–Trinajstić information content (AvgIpc) is 3.62. The van der Waals surface area contributed by atoms with Crippen molar-refractivity contribution in [3.8, 4) is 0 Å². The highest BCUT2D eigenvalue weighted by Gasteiger charge is 2.74. The van der Waals surface area contributed by atoms with Crippen molar-refractivity contribution in [3.05, 3.63) is 61.2 Å². The van der Waals surface area contributed by atoms with Gasteiger partial charge in [-0.3, -0.25) is 19.2 Å². The molecule has 10 nitrogen and oxygen atoms in total. The van der Waals surface area contributed by atoms with E-state index in [9.17, 15) is 24.3 Å². The van der Waals surface area contributed by atoms with Crippen LogP contribution in [0.3, 0.4) is 0 Å². The fourth-order valence-corrected chi connectivity index (χ4v) is 6.71. The summed E-state index contributed by atoms with van der Waals surface area (Å²) in [6, 6.07) is 7.54. The first-order valence-electron chi connectivity index (χ1n) is 14.8. The molecular weight excluding hydrogens is 538 g/mol. The average molecular weight is 582 g/mol. The third-order valence-corrected chi connectivity index (χ3v) is 8.61. The van der Waals surface area contributed by atoms with Crippen LogP contribution in [0.5, 0.6) is 0 Å². The minimum Gasteiger partial charge on any atom is -0.463 e. The Hall–Kier alpha value is -3.50. The van der Waals surface area contributed by atoms with E-state index >= 15 is 0 Å². The lowest BCUT2D eigenvalue weighted by Crippen LogP contribution is -2.57. The van der Waals surface area contributed by atoms with E-state index in [1.165, 1.54) is 4.90 Å². The number of allylic oxidation sites excluding steroid dienone is 1. The Morgan fingerprint density at radius 3 is 2.62 bits per heavy atom. The number of nitrogens with zero attached hydrogens (tertiary/aromatic N) is 2. The SMILES string of the molecule is C=CCCC(=O)OC[C@@H](NC(=O)[C@@H]1[C@@H]2CC[C@]3(O2)[C@H](C(=O)N(CC=C)C(C)C)N(CCCO)C(=O)[C@@H]13)c1ccccc1.